The lowest BCUT2D eigenvalue weighted by atomic mass is 10.1. The van der Waals surface area contributed by atoms with E-state index in [0.29, 0.717) is 28.3 Å². The van der Waals surface area contributed by atoms with E-state index in [4.69, 9.17) is 14.3 Å². The van der Waals surface area contributed by atoms with Gasteiger partial charge in [0.15, 0.2) is 11.5 Å². The number of anilines is 1. The van der Waals surface area contributed by atoms with Gasteiger partial charge in [0, 0.05) is 11.8 Å². The Hall–Kier alpha value is -3.55. The Labute approximate surface area is 163 Å². The quantitative estimate of drug-likeness (QED) is 0.426. The fraction of sp³-hybridized carbons (Fsp3) is 0.250. The second kappa shape index (κ2) is 9.96. The van der Waals surface area contributed by atoms with Crippen LogP contribution in [0, 0.1) is 0 Å². The summed E-state index contributed by atoms with van der Waals surface area (Å²) < 4.78 is 15.0. The van der Waals surface area contributed by atoms with Crippen molar-refractivity contribution in [3.8, 4) is 11.5 Å². The molecular formula is C20H22N2O6. The van der Waals surface area contributed by atoms with Gasteiger partial charge in [-0.15, -0.1) is 0 Å². The molecule has 2 aromatic carbocycles. The van der Waals surface area contributed by atoms with Gasteiger partial charge in [-0.05, 0) is 36.8 Å². The molecule has 2 aromatic rings. The van der Waals surface area contributed by atoms with Crippen molar-refractivity contribution in [2.24, 2.45) is 5.16 Å². The van der Waals surface area contributed by atoms with Crippen molar-refractivity contribution in [2.75, 3.05) is 26.6 Å². The van der Waals surface area contributed by atoms with Crippen molar-refractivity contribution >= 4 is 23.8 Å². The largest absolute Gasteiger partial charge is 0.493 e. The van der Waals surface area contributed by atoms with Gasteiger partial charge in [0.1, 0.15) is 0 Å². The first kappa shape index (κ1) is 20.8. The molecule has 0 saturated heterocycles. The topological polar surface area (TPSA) is 95.5 Å². The second-order valence-corrected chi connectivity index (χ2v) is 5.65. The van der Waals surface area contributed by atoms with Crippen LogP contribution in [0.2, 0.25) is 0 Å². The van der Waals surface area contributed by atoms with E-state index in [1.807, 2.05) is 0 Å². The summed E-state index contributed by atoms with van der Waals surface area (Å²) in [6.07, 6.45) is 0.625. The first-order chi connectivity index (χ1) is 13.5. The molecule has 0 fully saturated rings. The highest BCUT2D eigenvalue weighted by molar-refractivity contribution is 5.94. The highest BCUT2D eigenvalue weighted by Gasteiger charge is 2.15. The molecule has 1 N–H and O–H groups in total. The minimum Gasteiger partial charge on any atom is -0.493 e. The molecule has 0 bridgehead atoms. The number of carbonyl (C=O) groups excluding carboxylic acids is 2. The van der Waals surface area contributed by atoms with Crippen LogP contribution in [-0.4, -0.2) is 45.5 Å². The van der Waals surface area contributed by atoms with Gasteiger partial charge in [-0.1, -0.05) is 17.3 Å². The molecule has 1 unspecified atom stereocenters. The van der Waals surface area contributed by atoms with Crippen LogP contribution in [0.3, 0.4) is 0 Å². The van der Waals surface area contributed by atoms with Crippen molar-refractivity contribution in [1.82, 2.24) is 0 Å². The molecule has 2 rings (SSSR count). The van der Waals surface area contributed by atoms with Gasteiger partial charge >= 0.3 is 5.97 Å². The lowest BCUT2D eigenvalue weighted by Crippen LogP contribution is -2.26. The van der Waals surface area contributed by atoms with E-state index in [0.717, 1.165) is 0 Å². The molecule has 0 aliphatic rings. The normalized spacial score (nSPS) is 11.6. The van der Waals surface area contributed by atoms with E-state index >= 15 is 0 Å². The summed E-state index contributed by atoms with van der Waals surface area (Å²) in [5, 5.41) is 6.53. The third-order valence-electron chi connectivity index (χ3n) is 3.77. The number of carbonyl (C=O) groups is 2. The van der Waals surface area contributed by atoms with E-state index in [1.165, 1.54) is 27.5 Å². The van der Waals surface area contributed by atoms with Gasteiger partial charge in [0.2, 0.25) is 6.10 Å². The van der Waals surface area contributed by atoms with Crippen LogP contribution in [0.1, 0.15) is 22.8 Å². The van der Waals surface area contributed by atoms with Gasteiger partial charge < -0.3 is 24.4 Å². The van der Waals surface area contributed by atoms with E-state index < -0.39 is 12.1 Å². The van der Waals surface area contributed by atoms with Crippen LogP contribution in [0.5, 0.6) is 11.5 Å². The molecule has 1 atom stereocenters. The maximum Gasteiger partial charge on any atom is 0.337 e. The molecule has 0 heterocycles. The standard InChI is InChI=1S/C20H22N2O6/c1-13(19(23)22-16-9-10-17(25-2)18(11-16)26-3)28-21-12-14-5-7-15(8-6-14)20(24)27-4/h5-13H,1-4H3,(H,22,23)/b21-12+. The van der Waals surface area contributed by atoms with Gasteiger partial charge in [-0.3, -0.25) is 4.79 Å². The molecule has 148 valence electrons. The monoisotopic (exact) mass is 386 g/mol. The molecule has 0 aliphatic carbocycles. The average Bonchev–Trinajstić information content (AvgIpc) is 2.73. The van der Waals surface area contributed by atoms with Gasteiger partial charge in [0.05, 0.1) is 33.1 Å². The van der Waals surface area contributed by atoms with E-state index in [-0.39, 0.29) is 5.91 Å². The van der Waals surface area contributed by atoms with Crippen molar-refractivity contribution in [3.05, 3.63) is 53.6 Å². The number of hydrogen-bond donors (Lipinski definition) is 1. The van der Waals surface area contributed by atoms with Crippen LogP contribution < -0.4 is 14.8 Å². The molecular weight excluding hydrogens is 364 g/mol. The number of esters is 1. The first-order valence-electron chi connectivity index (χ1n) is 8.39. The molecule has 0 radical (unpaired) electrons. The Morgan fingerprint density at radius 1 is 1.00 bits per heavy atom. The zero-order valence-electron chi connectivity index (χ0n) is 16.1. The Kier molecular flexibility index (Phi) is 7.38. The number of amides is 1. The number of methoxy groups -OCH3 is 3. The average molecular weight is 386 g/mol. The van der Waals surface area contributed by atoms with E-state index in [1.54, 1.807) is 49.4 Å². The van der Waals surface area contributed by atoms with Crippen molar-refractivity contribution in [3.63, 3.8) is 0 Å². The predicted molar refractivity (Wildman–Crippen MR) is 104 cm³/mol. The zero-order valence-corrected chi connectivity index (χ0v) is 16.1. The van der Waals surface area contributed by atoms with Gasteiger partial charge in [-0.2, -0.15) is 0 Å². The van der Waals surface area contributed by atoms with Crippen LogP contribution in [0.25, 0.3) is 0 Å². The summed E-state index contributed by atoms with van der Waals surface area (Å²) in [6.45, 7) is 1.58. The van der Waals surface area contributed by atoms with Gasteiger partial charge in [0.25, 0.3) is 5.91 Å². The predicted octanol–water partition coefficient (Wildman–Crippen LogP) is 2.87. The molecule has 8 nitrogen and oxygen atoms in total. The summed E-state index contributed by atoms with van der Waals surface area (Å²) in [4.78, 5) is 28.8. The minimum absolute atomic E-state index is 0.370. The maximum atomic E-state index is 12.2. The number of hydrogen-bond acceptors (Lipinski definition) is 7. The lowest BCUT2D eigenvalue weighted by Gasteiger charge is -2.13. The number of ether oxygens (including phenoxy) is 3. The molecule has 0 spiro atoms. The molecule has 1 amide bonds. The third-order valence-corrected chi connectivity index (χ3v) is 3.77. The second-order valence-electron chi connectivity index (χ2n) is 5.65. The number of benzene rings is 2. The van der Waals surface area contributed by atoms with Crippen molar-refractivity contribution in [1.29, 1.82) is 0 Å². The zero-order chi connectivity index (χ0) is 20.5. The number of nitrogens with one attached hydrogen (secondary N) is 1. The minimum atomic E-state index is -0.821. The van der Waals surface area contributed by atoms with Crippen LogP contribution >= 0.6 is 0 Å². The summed E-state index contributed by atoms with van der Waals surface area (Å²) in [6, 6.07) is 11.6. The summed E-state index contributed by atoms with van der Waals surface area (Å²) in [5.74, 6) is 0.278. The Balaban J connectivity index is 1.91. The maximum absolute atomic E-state index is 12.2. The fourth-order valence-corrected chi connectivity index (χ4v) is 2.21. The van der Waals surface area contributed by atoms with E-state index in [2.05, 4.69) is 15.2 Å². The third kappa shape index (κ3) is 5.47. The Morgan fingerprint density at radius 2 is 1.68 bits per heavy atom. The highest BCUT2D eigenvalue weighted by atomic mass is 16.6. The fourth-order valence-electron chi connectivity index (χ4n) is 2.21. The van der Waals surface area contributed by atoms with Crippen molar-refractivity contribution in [2.45, 2.75) is 13.0 Å². The lowest BCUT2D eigenvalue weighted by molar-refractivity contribution is -0.126. The van der Waals surface area contributed by atoms with Crippen LogP contribution in [-0.2, 0) is 14.4 Å². The number of rotatable bonds is 8. The first-order valence-corrected chi connectivity index (χ1v) is 8.39. The smallest absolute Gasteiger partial charge is 0.337 e. The molecule has 0 aromatic heterocycles. The SMILES string of the molecule is COC(=O)c1ccc(/C=N/OC(C)C(=O)Nc2ccc(OC)c(OC)c2)cc1. The van der Waals surface area contributed by atoms with E-state index in [9.17, 15) is 9.59 Å². The summed E-state index contributed by atoms with van der Waals surface area (Å²) in [5.41, 5.74) is 1.68. The molecule has 0 aliphatic heterocycles. The van der Waals surface area contributed by atoms with Gasteiger partial charge in [-0.25, -0.2) is 4.79 Å². The van der Waals surface area contributed by atoms with Crippen molar-refractivity contribution < 1.29 is 28.6 Å². The van der Waals surface area contributed by atoms with Crippen LogP contribution in [0.15, 0.2) is 47.6 Å². The molecule has 28 heavy (non-hydrogen) atoms. The number of oxime groups is 1. The van der Waals surface area contributed by atoms with Crippen LogP contribution in [0.4, 0.5) is 5.69 Å². The Morgan fingerprint density at radius 3 is 2.29 bits per heavy atom. The summed E-state index contributed by atoms with van der Waals surface area (Å²) in [7, 11) is 4.37. The Bertz CT molecular complexity index is 848. The molecule has 0 saturated carbocycles. The number of nitrogens with zero attached hydrogens (tertiary/aromatic N) is 1. The summed E-state index contributed by atoms with van der Waals surface area (Å²) >= 11 is 0. The molecule has 8 heteroatoms. The highest BCUT2D eigenvalue weighted by Crippen LogP contribution is 2.29.